The molecule has 0 saturated heterocycles. The number of hydrogen-bond acceptors (Lipinski definition) is 4. The number of rotatable bonds is 0. The van der Waals surface area contributed by atoms with Gasteiger partial charge in [-0.2, -0.15) is 5.10 Å². The molecule has 3 aliphatic rings. The van der Waals surface area contributed by atoms with Crippen molar-refractivity contribution in [2.45, 2.75) is 35.4 Å². The molecule has 6 heteroatoms. The van der Waals surface area contributed by atoms with Crippen LogP contribution in [0.2, 0.25) is 0 Å². The van der Waals surface area contributed by atoms with Crippen molar-refractivity contribution in [1.82, 2.24) is 15.0 Å². The summed E-state index contributed by atoms with van der Waals surface area (Å²) >= 11 is 2.61. The lowest BCUT2D eigenvalue weighted by atomic mass is 9.80. The fourth-order valence-electron chi connectivity index (χ4n) is 3.41. The van der Waals surface area contributed by atoms with Crippen molar-refractivity contribution < 1.29 is 0 Å². The Kier molecular flexibility index (Phi) is 2.15. The lowest BCUT2D eigenvalue weighted by Crippen LogP contribution is -2.55. The highest BCUT2D eigenvalue weighted by molar-refractivity contribution is 14.1. The lowest BCUT2D eigenvalue weighted by Gasteiger charge is -2.46. The molecule has 1 aromatic heterocycles. The van der Waals surface area contributed by atoms with E-state index in [4.69, 9.17) is 0 Å². The van der Waals surface area contributed by atoms with Crippen LogP contribution in [0.15, 0.2) is 17.6 Å². The van der Waals surface area contributed by atoms with Gasteiger partial charge in [-0.1, -0.05) is 29.0 Å². The maximum Gasteiger partial charge on any atom is 0.135 e. The van der Waals surface area contributed by atoms with Crippen molar-refractivity contribution in [2.24, 2.45) is 11.0 Å². The van der Waals surface area contributed by atoms with Crippen molar-refractivity contribution in [3.8, 4) is 0 Å². The predicted octanol–water partition coefficient (Wildman–Crippen LogP) is 1.72. The molecule has 4 rings (SSSR count). The molecule has 0 aromatic carbocycles. The number of fused-ring (bicyclic) bond motifs is 6. The smallest absolute Gasteiger partial charge is 0.135 e. The number of hydrazone groups is 1. The Balaban J connectivity index is 1.85. The highest BCUT2D eigenvalue weighted by Crippen LogP contribution is 2.46. The molecule has 0 spiro atoms. The summed E-state index contributed by atoms with van der Waals surface area (Å²) < 4.78 is 3.05. The second-order valence-corrected chi connectivity index (χ2v) is 6.58. The number of aromatic nitrogens is 2. The van der Waals surface area contributed by atoms with E-state index in [1.165, 1.54) is 25.1 Å². The first-order chi connectivity index (χ1) is 8.36. The van der Waals surface area contributed by atoms with E-state index in [1.807, 2.05) is 18.9 Å². The van der Waals surface area contributed by atoms with Crippen LogP contribution in [0.1, 0.15) is 25.3 Å². The molecule has 2 aliphatic heterocycles. The summed E-state index contributed by atoms with van der Waals surface area (Å²) in [4.78, 5) is 6.54. The Hall–Kier alpha value is -0.790. The number of alkyl halides is 1. The van der Waals surface area contributed by atoms with E-state index in [9.17, 15) is 0 Å². The summed E-state index contributed by atoms with van der Waals surface area (Å²) in [6, 6.07) is 0.582. The molecule has 1 N–H and O–H groups in total. The molecule has 1 fully saturated rings. The summed E-state index contributed by atoms with van der Waals surface area (Å²) in [6.07, 6.45) is 10.0. The topological polar surface area (TPSA) is 45.5 Å². The molecule has 0 radical (unpaired) electrons. The molecule has 4 atom stereocenters. The summed E-state index contributed by atoms with van der Waals surface area (Å²) in [5, 5.41) is 4.24. The third-order valence-electron chi connectivity index (χ3n) is 4.16. The van der Waals surface area contributed by atoms with Gasteiger partial charge in [-0.15, -0.1) is 0 Å². The number of imidazole rings is 1. The van der Waals surface area contributed by atoms with Crippen molar-refractivity contribution in [3.63, 3.8) is 0 Å². The number of nitrogens with one attached hydrogen (secondary N) is 1. The second kappa shape index (κ2) is 3.60. The zero-order valence-corrected chi connectivity index (χ0v) is 11.5. The molecule has 90 valence electrons. The van der Waals surface area contributed by atoms with Gasteiger partial charge in [-0.25, -0.2) is 4.98 Å². The van der Waals surface area contributed by atoms with Crippen LogP contribution in [0.5, 0.6) is 0 Å². The van der Waals surface area contributed by atoms with E-state index in [-0.39, 0.29) is 0 Å². The molecular formula is C11H14IN5. The van der Waals surface area contributed by atoms with E-state index >= 15 is 0 Å². The van der Waals surface area contributed by atoms with Gasteiger partial charge in [-0.3, -0.25) is 10.3 Å². The summed E-state index contributed by atoms with van der Waals surface area (Å²) in [5.74, 6) is 1.80. The Morgan fingerprint density at radius 2 is 2.35 bits per heavy atom. The standard InChI is InChI=1S/C11H14IN5/c12-7-2-1-3-8-10(7)11-15-14-6-17(11)9-4-13-5-16(8)9/h4-8,10-11,15H,1-3H2. The molecule has 3 heterocycles. The van der Waals surface area contributed by atoms with Gasteiger partial charge in [0.1, 0.15) is 18.3 Å². The first kappa shape index (κ1) is 10.2. The minimum atomic E-state index is 0.325. The van der Waals surface area contributed by atoms with Gasteiger partial charge in [0.2, 0.25) is 0 Å². The van der Waals surface area contributed by atoms with Crippen LogP contribution in [0, 0.1) is 5.92 Å². The molecule has 1 aromatic rings. The zero-order valence-electron chi connectivity index (χ0n) is 9.33. The summed E-state index contributed by atoms with van der Waals surface area (Å²) in [5.41, 5.74) is 3.27. The summed E-state index contributed by atoms with van der Waals surface area (Å²) in [7, 11) is 0. The van der Waals surface area contributed by atoms with Crippen LogP contribution >= 0.6 is 22.6 Å². The van der Waals surface area contributed by atoms with Crippen LogP contribution in [0.3, 0.4) is 0 Å². The number of halogens is 1. The zero-order chi connectivity index (χ0) is 11.4. The average molecular weight is 343 g/mol. The van der Waals surface area contributed by atoms with E-state index in [0.717, 1.165) is 0 Å². The van der Waals surface area contributed by atoms with E-state index in [2.05, 4.69) is 47.6 Å². The number of anilines is 1. The third kappa shape index (κ3) is 1.30. The maximum atomic E-state index is 4.31. The lowest BCUT2D eigenvalue weighted by molar-refractivity contribution is 0.189. The summed E-state index contributed by atoms with van der Waals surface area (Å²) in [6.45, 7) is 0. The molecular weight excluding hydrogens is 329 g/mol. The number of nitrogens with zero attached hydrogens (tertiary/aromatic N) is 4. The average Bonchev–Trinajstić information content (AvgIpc) is 2.97. The first-order valence-corrected chi connectivity index (χ1v) is 7.34. The highest BCUT2D eigenvalue weighted by Gasteiger charge is 2.47. The normalized spacial score (nSPS) is 38.3. The Morgan fingerprint density at radius 1 is 1.41 bits per heavy atom. The molecule has 0 bridgehead atoms. The Morgan fingerprint density at radius 3 is 3.29 bits per heavy atom. The van der Waals surface area contributed by atoms with Crippen LogP contribution in [0.4, 0.5) is 5.82 Å². The van der Waals surface area contributed by atoms with Gasteiger partial charge in [0.15, 0.2) is 0 Å². The van der Waals surface area contributed by atoms with E-state index < -0.39 is 0 Å². The van der Waals surface area contributed by atoms with Crippen LogP contribution in [-0.2, 0) is 0 Å². The van der Waals surface area contributed by atoms with Gasteiger partial charge in [0, 0.05) is 15.9 Å². The molecule has 0 amide bonds. The van der Waals surface area contributed by atoms with Crippen LogP contribution in [0.25, 0.3) is 0 Å². The van der Waals surface area contributed by atoms with Gasteiger partial charge in [0.05, 0.1) is 12.5 Å². The molecule has 1 saturated carbocycles. The quantitative estimate of drug-likeness (QED) is 0.576. The monoisotopic (exact) mass is 343 g/mol. The maximum absolute atomic E-state index is 4.31. The SMILES string of the molecule is IC1CCCC2C1C1NN=CN1c1cncn12. The van der Waals surface area contributed by atoms with E-state index in [1.54, 1.807) is 0 Å². The fourth-order valence-corrected chi connectivity index (χ4v) is 4.73. The molecule has 5 nitrogen and oxygen atoms in total. The van der Waals surface area contributed by atoms with E-state index in [0.29, 0.717) is 22.1 Å². The first-order valence-electron chi connectivity index (χ1n) is 6.09. The second-order valence-electron chi connectivity index (χ2n) is 4.98. The molecule has 17 heavy (non-hydrogen) atoms. The molecule has 1 aliphatic carbocycles. The van der Waals surface area contributed by atoms with Crippen molar-refractivity contribution in [2.75, 3.05) is 4.90 Å². The fraction of sp³-hybridized carbons (Fsp3) is 0.636. The van der Waals surface area contributed by atoms with Crippen molar-refractivity contribution in [3.05, 3.63) is 12.5 Å². The third-order valence-corrected chi connectivity index (χ3v) is 5.62. The van der Waals surface area contributed by atoms with Gasteiger partial charge < -0.3 is 4.57 Å². The minimum Gasteiger partial charge on any atom is -0.314 e. The minimum absolute atomic E-state index is 0.325. The highest BCUT2D eigenvalue weighted by atomic mass is 127. The van der Waals surface area contributed by atoms with Gasteiger partial charge >= 0.3 is 0 Å². The Labute approximate surface area is 113 Å². The Bertz CT molecular complexity index is 470. The van der Waals surface area contributed by atoms with Gasteiger partial charge in [-0.05, 0) is 12.8 Å². The van der Waals surface area contributed by atoms with Crippen molar-refractivity contribution >= 4 is 34.7 Å². The van der Waals surface area contributed by atoms with Gasteiger partial charge in [0.25, 0.3) is 0 Å². The predicted molar refractivity (Wildman–Crippen MR) is 74.3 cm³/mol. The van der Waals surface area contributed by atoms with Crippen LogP contribution < -0.4 is 10.3 Å². The largest absolute Gasteiger partial charge is 0.314 e. The molecule has 4 unspecified atom stereocenters. The van der Waals surface area contributed by atoms with Crippen molar-refractivity contribution in [1.29, 1.82) is 0 Å². The number of hydrogen-bond donors (Lipinski definition) is 1. The van der Waals surface area contributed by atoms with Crippen LogP contribution in [-0.4, -0.2) is 26.0 Å².